The van der Waals surface area contributed by atoms with Crippen molar-refractivity contribution in [3.05, 3.63) is 107 Å². The summed E-state index contributed by atoms with van der Waals surface area (Å²) in [6.45, 7) is 6.02. The van der Waals surface area contributed by atoms with Gasteiger partial charge in [-0.05, 0) is 47.7 Å². The number of hydrogen-bond donors (Lipinski definition) is 1. The van der Waals surface area contributed by atoms with Crippen LogP contribution >= 0.6 is 0 Å². The quantitative estimate of drug-likeness (QED) is 0.440. The number of aryl methyl sites for hydroxylation is 2. The molecule has 0 atom stereocenters. The molecule has 3 nitrogen and oxygen atoms in total. The molecule has 1 N–H and O–H groups in total. The first-order valence-corrected chi connectivity index (χ1v) is 10.4. The molecule has 0 unspecified atom stereocenters. The molecule has 0 bridgehead atoms. The van der Waals surface area contributed by atoms with Crippen LogP contribution in [0.15, 0.2) is 79.0 Å². The Kier molecular flexibility index (Phi) is 4.72. The number of benzene rings is 3. The predicted octanol–water partition coefficient (Wildman–Crippen LogP) is 6.35. The Morgan fingerprint density at radius 1 is 0.833 bits per heavy atom. The number of imidazole rings is 1. The molecule has 0 fully saturated rings. The van der Waals surface area contributed by atoms with Gasteiger partial charge in [-0.2, -0.15) is 0 Å². The van der Waals surface area contributed by atoms with E-state index < -0.39 is 0 Å². The van der Waals surface area contributed by atoms with Crippen LogP contribution in [0.2, 0.25) is 0 Å². The topological polar surface area (TPSA) is 31.9 Å². The molecule has 148 valence electrons. The van der Waals surface area contributed by atoms with Crippen LogP contribution in [-0.2, 0) is 13.1 Å². The fourth-order valence-corrected chi connectivity index (χ4v) is 3.91. The molecule has 3 aromatic carbocycles. The van der Waals surface area contributed by atoms with Crippen LogP contribution in [0.4, 0.5) is 0 Å². The van der Waals surface area contributed by atoms with E-state index in [-0.39, 0.29) is 0 Å². The maximum Gasteiger partial charge on any atom is 0.138 e. The van der Waals surface area contributed by atoms with Crippen LogP contribution in [0, 0.1) is 13.8 Å². The zero-order chi connectivity index (χ0) is 20.5. The second-order valence-electron chi connectivity index (χ2n) is 8.03. The second kappa shape index (κ2) is 7.68. The summed E-state index contributed by atoms with van der Waals surface area (Å²) in [7, 11) is 0. The zero-order valence-electron chi connectivity index (χ0n) is 17.4. The molecule has 30 heavy (non-hydrogen) atoms. The molecule has 3 heteroatoms. The summed E-state index contributed by atoms with van der Waals surface area (Å²) >= 11 is 0. The van der Waals surface area contributed by atoms with Gasteiger partial charge in [-0.25, -0.2) is 4.98 Å². The summed E-state index contributed by atoms with van der Waals surface area (Å²) in [5, 5.41) is 0. The molecule has 0 aliphatic carbocycles. The largest absolute Gasteiger partial charge is 0.367 e. The van der Waals surface area contributed by atoms with E-state index in [9.17, 15) is 0 Å². The monoisotopic (exact) mass is 391 g/mol. The van der Waals surface area contributed by atoms with Crippen molar-refractivity contribution < 1.29 is 0 Å². The van der Waals surface area contributed by atoms with Crippen molar-refractivity contribution in [1.82, 2.24) is 14.9 Å². The van der Waals surface area contributed by atoms with Gasteiger partial charge in [0, 0.05) is 18.3 Å². The predicted molar refractivity (Wildman–Crippen MR) is 124 cm³/mol. The Labute approximate surface area is 177 Å². The minimum absolute atomic E-state index is 0.817. The van der Waals surface area contributed by atoms with Gasteiger partial charge >= 0.3 is 0 Å². The van der Waals surface area contributed by atoms with Gasteiger partial charge in [-0.1, -0.05) is 72.8 Å². The minimum Gasteiger partial charge on any atom is -0.367 e. The standard InChI is InChI=1S/C27H25N3/c1-19-8-9-24(16-20(19)2)22-10-12-23(13-11-22)27-28-25-14-15-30(18-26(25)29-27)17-21-6-4-3-5-7-21/h3-16H,17-18H2,1-2H3,(H,28,29). The third kappa shape index (κ3) is 3.67. The summed E-state index contributed by atoms with van der Waals surface area (Å²) in [6.07, 6.45) is 4.28. The van der Waals surface area contributed by atoms with Crippen LogP contribution in [0.3, 0.4) is 0 Å². The molecule has 0 saturated heterocycles. The summed E-state index contributed by atoms with van der Waals surface area (Å²) in [5.74, 6) is 0.929. The first-order valence-electron chi connectivity index (χ1n) is 10.4. The second-order valence-corrected chi connectivity index (χ2v) is 8.03. The van der Waals surface area contributed by atoms with Gasteiger partial charge in [0.15, 0.2) is 0 Å². The summed E-state index contributed by atoms with van der Waals surface area (Å²) in [4.78, 5) is 10.7. The third-order valence-electron chi connectivity index (χ3n) is 5.84. The first-order chi connectivity index (χ1) is 14.7. The highest BCUT2D eigenvalue weighted by molar-refractivity contribution is 5.69. The van der Waals surface area contributed by atoms with Gasteiger partial charge in [0.05, 0.1) is 17.9 Å². The molecule has 4 aromatic rings. The van der Waals surface area contributed by atoms with Crippen molar-refractivity contribution in [2.45, 2.75) is 26.9 Å². The lowest BCUT2D eigenvalue weighted by atomic mass is 9.99. The van der Waals surface area contributed by atoms with Crippen molar-refractivity contribution in [2.24, 2.45) is 0 Å². The SMILES string of the molecule is Cc1ccc(-c2ccc(-c3nc4c([nH]3)C=CN(Cc3ccccc3)C4)cc2)cc1C. The molecule has 2 heterocycles. The highest BCUT2D eigenvalue weighted by Crippen LogP contribution is 2.27. The number of rotatable bonds is 4. The lowest BCUT2D eigenvalue weighted by Gasteiger charge is -2.22. The van der Waals surface area contributed by atoms with Gasteiger partial charge < -0.3 is 9.88 Å². The average Bonchev–Trinajstić information content (AvgIpc) is 3.20. The Hall–Kier alpha value is -3.59. The molecule has 1 aliphatic rings. The highest BCUT2D eigenvalue weighted by atomic mass is 15.1. The van der Waals surface area contributed by atoms with Gasteiger partial charge in [-0.3, -0.25) is 0 Å². The first kappa shape index (κ1) is 18.4. The van der Waals surface area contributed by atoms with E-state index >= 15 is 0 Å². The molecule has 0 saturated carbocycles. The van der Waals surface area contributed by atoms with E-state index in [2.05, 4.69) is 109 Å². The number of H-pyrrole nitrogens is 1. The fraction of sp³-hybridized carbons (Fsp3) is 0.148. The molecular formula is C27H25N3. The van der Waals surface area contributed by atoms with Crippen LogP contribution < -0.4 is 0 Å². The van der Waals surface area contributed by atoms with Crippen molar-refractivity contribution >= 4 is 6.08 Å². The Bertz CT molecular complexity index is 1200. The third-order valence-corrected chi connectivity index (χ3v) is 5.84. The van der Waals surface area contributed by atoms with Gasteiger partial charge in [0.2, 0.25) is 0 Å². The number of aromatic nitrogens is 2. The Morgan fingerprint density at radius 2 is 1.57 bits per heavy atom. The maximum atomic E-state index is 4.89. The number of aromatic amines is 1. The smallest absolute Gasteiger partial charge is 0.138 e. The van der Waals surface area contributed by atoms with Crippen LogP contribution in [-0.4, -0.2) is 14.9 Å². The number of hydrogen-bond acceptors (Lipinski definition) is 2. The van der Waals surface area contributed by atoms with Crippen molar-refractivity contribution in [1.29, 1.82) is 0 Å². The molecule has 0 spiro atoms. The van der Waals surface area contributed by atoms with E-state index in [1.165, 1.54) is 27.8 Å². The molecular weight excluding hydrogens is 366 g/mol. The fourth-order valence-electron chi connectivity index (χ4n) is 3.91. The molecule has 0 amide bonds. The van der Waals surface area contributed by atoms with E-state index in [1.54, 1.807) is 0 Å². The van der Waals surface area contributed by atoms with E-state index in [1.807, 2.05) is 0 Å². The van der Waals surface area contributed by atoms with Crippen LogP contribution in [0.25, 0.3) is 28.6 Å². The van der Waals surface area contributed by atoms with E-state index in [0.717, 1.165) is 35.9 Å². The van der Waals surface area contributed by atoms with Crippen molar-refractivity contribution in [3.8, 4) is 22.5 Å². The normalized spacial score (nSPS) is 12.8. The molecule has 1 aromatic heterocycles. The number of fused-ring (bicyclic) bond motifs is 1. The molecule has 1 aliphatic heterocycles. The summed E-state index contributed by atoms with van der Waals surface area (Å²) in [6, 6.07) is 25.8. The highest BCUT2D eigenvalue weighted by Gasteiger charge is 2.16. The van der Waals surface area contributed by atoms with Gasteiger partial charge in [-0.15, -0.1) is 0 Å². The van der Waals surface area contributed by atoms with Crippen molar-refractivity contribution in [3.63, 3.8) is 0 Å². The van der Waals surface area contributed by atoms with Gasteiger partial charge in [0.25, 0.3) is 0 Å². The average molecular weight is 392 g/mol. The molecule has 5 rings (SSSR count). The van der Waals surface area contributed by atoms with E-state index in [4.69, 9.17) is 4.98 Å². The molecule has 0 radical (unpaired) electrons. The Balaban J connectivity index is 1.34. The lowest BCUT2D eigenvalue weighted by Crippen LogP contribution is -2.19. The minimum atomic E-state index is 0.817. The maximum absolute atomic E-state index is 4.89. The van der Waals surface area contributed by atoms with Crippen molar-refractivity contribution in [2.75, 3.05) is 0 Å². The summed E-state index contributed by atoms with van der Waals surface area (Å²) in [5.41, 5.74) is 9.75. The van der Waals surface area contributed by atoms with E-state index in [0.29, 0.717) is 0 Å². The van der Waals surface area contributed by atoms with Crippen LogP contribution in [0.5, 0.6) is 0 Å². The summed E-state index contributed by atoms with van der Waals surface area (Å²) < 4.78 is 0. The number of nitrogens with one attached hydrogen (secondary N) is 1. The number of nitrogens with zero attached hydrogens (tertiary/aromatic N) is 2. The lowest BCUT2D eigenvalue weighted by molar-refractivity contribution is 0.355. The Morgan fingerprint density at radius 3 is 2.33 bits per heavy atom. The zero-order valence-corrected chi connectivity index (χ0v) is 17.4. The van der Waals surface area contributed by atoms with Crippen LogP contribution in [0.1, 0.15) is 28.1 Å². The van der Waals surface area contributed by atoms with Gasteiger partial charge in [0.1, 0.15) is 5.82 Å².